The summed E-state index contributed by atoms with van der Waals surface area (Å²) in [7, 11) is 1.69. The Morgan fingerprint density at radius 2 is 2.09 bits per heavy atom. The van der Waals surface area contributed by atoms with E-state index in [0.717, 1.165) is 42.2 Å². The minimum Gasteiger partial charge on any atom is -0.496 e. The Hall–Kier alpha value is -2.08. The second-order valence-electron chi connectivity index (χ2n) is 5.54. The van der Waals surface area contributed by atoms with Crippen molar-refractivity contribution in [3.63, 3.8) is 0 Å². The van der Waals surface area contributed by atoms with Gasteiger partial charge in [-0.1, -0.05) is 0 Å². The fraction of sp³-hybridized carbons (Fsp3) is 0.529. The number of hydrazone groups is 1. The number of hydrogen-bond donors (Lipinski definition) is 1. The van der Waals surface area contributed by atoms with E-state index in [0.29, 0.717) is 6.61 Å². The molecule has 2 rings (SSSR count). The molecule has 1 aromatic rings. The van der Waals surface area contributed by atoms with Gasteiger partial charge in [0.1, 0.15) is 5.75 Å². The third-order valence-corrected chi connectivity index (χ3v) is 3.88. The van der Waals surface area contributed by atoms with Crippen LogP contribution in [0.5, 0.6) is 5.75 Å². The van der Waals surface area contributed by atoms with Crippen LogP contribution in [0.3, 0.4) is 0 Å². The van der Waals surface area contributed by atoms with Crippen molar-refractivity contribution >= 4 is 11.8 Å². The minimum absolute atomic E-state index is 0.322. The fourth-order valence-electron chi connectivity index (χ4n) is 2.67. The van der Waals surface area contributed by atoms with Gasteiger partial charge < -0.3 is 9.47 Å². The number of nitrogens with one attached hydrogen (secondary N) is 1. The molecule has 0 spiro atoms. The highest BCUT2D eigenvalue weighted by Gasteiger charge is 2.15. The van der Waals surface area contributed by atoms with Crippen molar-refractivity contribution in [1.29, 1.82) is 0 Å². The van der Waals surface area contributed by atoms with Gasteiger partial charge in [0.2, 0.25) is 0 Å². The second-order valence-corrected chi connectivity index (χ2v) is 5.54. The number of nitrogens with zero attached hydrogens (tertiary/aromatic N) is 2. The van der Waals surface area contributed by atoms with Gasteiger partial charge in [-0.2, -0.15) is 5.10 Å². The van der Waals surface area contributed by atoms with Gasteiger partial charge in [0.05, 0.1) is 19.4 Å². The Morgan fingerprint density at radius 1 is 1.35 bits per heavy atom. The predicted octanol–water partition coefficient (Wildman–Crippen LogP) is 2.76. The van der Waals surface area contributed by atoms with Crippen molar-refractivity contribution in [2.75, 3.05) is 26.8 Å². The van der Waals surface area contributed by atoms with E-state index in [1.807, 2.05) is 19.1 Å². The van der Waals surface area contributed by atoms with Gasteiger partial charge in [-0.15, -0.1) is 0 Å². The molecule has 1 amide bonds. The SMILES string of the molecule is CCOC(=O)N/N=C(/C)c1ccc(OC)c(CN2CCCC2)c1. The number of carbonyl (C=O) groups excluding carboxylic acids is 1. The lowest BCUT2D eigenvalue weighted by atomic mass is 10.1. The molecule has 0 unspecified atom stereocenters. The third kappa shape index (κ3) is 4.96. The molecular formula is C17H25N3O3. The van der Waals surface area contributed by atoms with Crippen LogP contribution in [0.15, 0.2) is 23.3 Å². The quantitative estimate of drug-likeness (QED) is 0.647. The smallest absolute Gasteiger partial charge is 0.427 e. The summed E-state index contributed by atoms with van der Waals surface area (Å²) in [5.41, 5.74) is 5.21. The molecule has 23 heavy (non-hydrogen) atoms. The topological polar surface area (TPSA) is 63.2 Å². The highest BCUT2D eigenvalue weighted by molar-refractivity contribution is 5.99. The Balaban J connectivity index is 2.12. The maximum absolute atomic E-state index is 11.3. The van der Waals surface area contributed by atoms with Gasteiger partial charge in [-0.25, -0.2) is 10.2 Å². The molecule has 6 nitrogen and oxygen atoms in total. The number of likely N-dealkylation sites (tertiary alicyclic amines) is 1. The highest BCUT2D eigenvalue weighted by atomic mass is 16.5. The summed E-state index contributed by atoms with van der Waals surface area (Å²) >= 11 is 0. The van der Waals surface area contributed by atoms with Gasteiger partial charge in [-0.05, 0) is 63.5 Å². The van der Waals surface area contributed by atoms with Crippen LogP contribution in [0.25, 0.3) is 0 Å². The number of ether oxygens (including phenoxy) is 2. The lowest BCUT2D eigenvalue weighted by Crippen LogP contribution is -2.21. The number of carbonyl (C=O) groups is 1. The lowest BCUT2D eigenvalue weighted by Gasteiger charge is -2.17. The van der Waals surface area contributed by atoms with Gasteiger partial charge in [0.15, 0.2) is 0 Å². The first-order valence-electron chi connectivity index (χ1n) is 8.00. The average Bonchev–Trinajstić information content (AvgIpc) is 3.06. The van der Waals surface area contributed by atoms with Gasteiger partial charge in [0.25, 0.3) is 0 Å². The Morgan fingerprint density at radius 3 is 2.74 bits per heavy atom. The number of rotatable bonds is 6. The zero-order valence-corrected chi connectivity index (χ0v) is 14.1. The van der Waals surface area contributed by atoms with E-state index in [4.69, 9.17) is 9.47 Å². The van der Waals surface area contributed by atoms with Crippen molar-refractivity contribution in [2.45, 2.75) is 33.2 Å². The van der Waals surface area contributed by atoms with Gasteiger partial charge in [0, 0.05) is 12.1 Å². The molecule has 1 N–H and O–H groups in total. The van der Waals surface area contributed by atoms with E-state index in [1.54, 1.807) is 14.0 Å². The summed E-state index contributed by atoms with van der Waals surface area (Å²) in [6, 6.07) is 5.96. The summed E-state index contributed by atoms with van der Waals surface area (Å²) in [6.45, 7) is 7.06. The summed E-state index contributed by atoms with van der Waals surface area (Å²) < 4.78 is 10.3. The zero-order chi connectivity index (χ0) is 16.7. The predicted molar refractivity (Wildman–Crippen MR) is 89.9 cm³/mol. The van der Waals surface area contributed by atoms with E-state index < -0.39 is 6.09 Å². The molecule has 0 aromatic heterocycles. The molecule has 1 heterocycles. The van der Waals surface area contributed by atoms with Crippen LogP contribution in [-0.4, -0.2) is 43.5 Å². The molecule has 1 aliphatic heterocycles. The molecule has 0 saturated carbocycles. The molecule has 6 heteroatoms. The Kier molecular flexibility index (Phi) is 6.40. The largest absolute Gasteiger partial charge is 0.496 e. The van der Waals surface area contributed by atoms with Crippen LogP contribution in [-0.2, 0) is 11.3 Å². The maximum atomic E-state index is 11.3. The van der Waals surface area contributed by atoms with E-state index in [1.165, 1.54) is 12.8 Å². The zero-order valence-electron chi connectivity index (χ0n) is 14.1. The first-order chi connectivity index (χ1) is 11.1. The molecule has 0 radical (unpaired) electrons. The van der Waals surface area contributed by atoms with Crippen LogP contribution in [0.4, 0.5) is 4.79 Å². The van der Waals surface area contributed by atoms with Crippen molar-refractivity contribution < 1.29 is 14.3 Å². The van der Waals surface area contributed by atoms with E-state index in [-0.39, 0.29) is 0 Å². The van der Waals surface area contributed by atoms with Crippen LogP contribution < -0.4 is 10.2 Å². The molecule has 1 fully saturated rings. The van der Waals surface area contributed by atoms with E-state index in [2.05, 4.69) is 21.5 Å². The lowest BCUT2D eigenvalue weighted by molar-refractivity contribution is 0.152. The molecule has 1 aliphatic rings. The molecule has 0 bridgehead atoms. The van der Waals surface area contributed by atoms with E-state index in [9.17, 15) is 4.79 Å². The first-order valence-corrected chi connectivity index (χ1v) is 8.00. The first kappa shape index (κ1) is 17.3. The van der Waals surface area contributed by atoms with Crippen LogP contribution in [0, 0.1) is 0 Å². The molecule has 1 aromatic carbocycles. The molecule has 0 atom stereocenters. The van der Waals surface area contributed by atoms with Crippen molar-refractivity contribution in [1.82, 2.24) is 10.3 Å². The second kappa shape index (κ2) is 8.53. The number of amides is 1. The molecule has 0 aliphatic carbocycles. The van der Waals surface area contributed by atoms with E-state index >= 15 is 0 Å². The third-order valence-electron chi connectivity index (χ3n) is 3.88. The normalized spacial score (nSPS) is 15.5. The van der Waals surface area contributed by atoms with Gasteiger partial charge in [-0.3, -0.25) is 4.90 Å². The van der Waals surface area contributed by atoms with Crippen molar-refractivity contribution in [3.05, 3.63) is 29.3 Å². The average molecular weight is 319 g/mol. The molecular weight excluding hydrogens is 294 g/mol. The maximum Gasteiger partial charge on any atom is 0.427 e. The van der Waals surface area contributed by atoms with Crippen LogP contribution >= 0.6 is 0 Å². The number of hydrogen-bond acceptors (Lipinski definition) is 5. The molecule has 126 valence electrons. The summed E-state index contributed by atoms with van der Waals surface area (Å²) in [5.74, 6) is 0.881. The number of methoxy groups -OCH3 is 1. The van der Waals surface area contributed by atoms with Crippen LogP contribution in [0.1, 0.15) is 37.8 Å². The van der Waals surface area contributed by atoms with Crippen LogP contribution in [0.2, 0.25) is 0 Å². The number of benzene rings is 1. The summed E-state index contributed by atoms with van der Waals surface area (Å²) in [6.07, 6.45) is 1.97. The molecule has 1 saturated heterocycles. The monoisotopic (exact) mass is 319 g/mol. The minimum atomic E-state index is -0.544. The Labute approximate surface area is 137 Å². The highest BCUT2D eigenvalue weighted by Crippen LogP contribution is 2.23. The Bertz CT molecular complexity index is 566. The van der Waals surface area contributed by atoms with Crippen molar-refractivity contribution in [3.8, 4) is 5.75 Å². The fourth-order valence-corrected chi connectivity index (χ4v) is 2.67. The summed E-state index contributed by atoms with van der Waals surface area (Å²) in [5, 5.41) is 4.08. The summed E-state index contributed by atoms with van der Waals surface area (Å²) in [4.78, 5) is 13.7. The van der Waals surface area contributed by atoms with Gasteiger partial charge >= 0.3 is 6.09 Å². The van der Waals surface area contributed by atoms with Crippen molar-refractivity contribution in [2.24, 2.45) is 5.10 Å². The standard InChI is InChI=1S/C17H25N3O3/c1-4-23-17(21)19-18-13(2)14-7-8-16(22-3)15(11-14)12-20-9-5-6-10-20/h7-8,11H,4-6,9-10,12H2,1-3H3,(H,19,21)/b18-13-.